The van der Waals surface area contributed by atoms with E-state index in [-0.39, 0.29) is 0 Å². The SMILES string of the molecule is CCCCCCc1csc(CNCCC)n1. The van der Waals surface area contributed by atoms with Gasteiger partial charge in [0.2, 0.25) is 0 Å². The predicted molar refractivity (Wildman–Crippen MR) is 72.0 cm³/mol. The van der Waals surface area contributed by atoms with Gasteiger partial charge in [-0.25, -0.2) is 4.98 Å². The monoisotopic (exact) mass is 240 g/mol. The molecule has 1 N–H and O–H groups in total. The molecule has 1 rings (SSSR count). The minimum Gasteiger partial charge on any atom is -0.310 e. The maximum atomic E-state index is 4.64. The van der Waals surface area contributed by atoms with E-state index in [4.69, 9.17) is 0 Å². The molecule has 1 heterocycles. The second kappa shape index (κ2) is 8.71. The van der Waals surface area contributed by atoms with Crippen molar-refractivity contribution in [2.75, 3.05) is 6.54 Å². The summed E-state index contributed by atoms with van der Waals surface area (Å²) >= 11 is 1.79. The summed E-state index contributed by atoms with van der Waals surface area (Å²) in [6.07, 6.45) is 7.65. The molecule has 92 valence electrons. The van der Waals surface area contributed by atoms with E-state index in [1.807, 2.05) is 0 Å². The van der Waals surface area contributed by atoms with Crippen LogP contribution in [0.2, 0.25) is 0 Å². The Balaban J connectivity index is 2.17. The van der Waals surface area contributed by atoms with Gasteiger partial charge in [-0.05, 0) is 25.8 Å². The molecule has 0 aliphatic rings. The molecule has 0 aromatic carbocycles. The Hall–Kier alpha value is -0.410. The first-order valence-electron chi connectivity index (χ1n) is 6.50. The van der Waals surface area contributed by atoms with Gasteiger partial charge in [0.05, 0.1) is 5.69 Å². The molecule has 3 heteroatoms. The largest absolute Gasteiger partial charge is 0.310 e. The number of nitrogens with one attached hydrogen (secondary N) is 1. The molecular weight excluding hydrogens is 216 g/mol. The summed E-state index contributed by atoms with van der Waals surface area (Å²) in [7, 11) is 0. The molecule has 0 atom stereocenters. The van der Waals surface area contributed by atoms with Crippen molar-refractivity contribution in [3.05, 3.63) is 16.1 Å². The molecule has 2 nitrogen and oxygen atoms in total. The first-order chi connectivity index (χ1) is 7.86. The van der Waals surface area contributed by atoms with E-state index in [2.05, 4.69) is 29.5 Å². The summed E-state index contributed by atoms with van der Waals surface area (Å²) in [5.74, 6) is 0. The highest BCUT2D eigenvalue weighted by molar-refractivity contribution is 7.09. The van der Waals surface area contributed by atoms with Gasteiger partial charge in [-0.15, -0.1) is 11.3 Å². The van der Waals surface area contributed by atoms with Gasteiger partial charge in [-0.1, -0.05) is 33.1 Å². The lowest BCUT2D eigenvalue weighted by Crippen LogP contribution is -2.13. The average molecular weight is 240 g/mol. The highest BCUT2D eigenvalue weighted by Crippen LogP contribution is 2.12. The van der Waals surface area contributed by atoms with Gasteiger partial charge in [0.1, 0.15) is 5.01 Å². The van der Waals surface area contributed by atoms with E-state index in [1.165, 1.54) is 42.8 Å². The molecule has 0 aliphatic heterocycles. The van der Waals surface area contributed by atoms with E-state index in [9.17, 15) is 0 Å². The fourth-order valence-corrected chi connectivity index (χ4v) is 2.45. The minimum atomic E-state index is 0.938. The number of hydrogen-bond donors (Lipinski definition) is 1. The average Bonchev–Trinajstić information content (AvgIpc) is 2.73. The summed E-state index contributed by atoms with van der Waals surface area (Å²) < 4.78 is 0. The van der Waals surface area contributed by atoms with Crippen molar-refractivity contribution in [2.24, 2.45) is 0 Å². The zero-order valence-electron chi connectivity index (χ0n) is 10.6. The molecule has 0 amide bonds. The van der Waals surface area contributed by atoms with E-state index in [0.717, 1.165) is 19.5 Å². The molecule has 16 heavy (non-hydrogen) atoms. The van der Waals surface area contributed by atoms with Crippen molar-refractivity contribution >= 4 is 11.3 Å². The summed E-state index contributed by atoms with van der Waals surface area (Å²) in [6, 6.07) is 0. The Labute approximate surface area is 103 Å². The number of aryl methyl sites for hydroxylation is 1. The van der Waals surface area contributed by atoms with Crippen LogP contribution in [-0.2, 0) is 13.0 Å². The van der Waals surface area contributed by atoms with Crippen molar-refractivity contribution < 1.29 is 0 Å². The first kappa shape index (κ1) is 13.7. The highest BCUT2D eigenvalue weighted by Gasteiger charge is 2.01. The van der Waals surface area contributed by atoms with Crippen LogP contribution in [0.25, 0.3) is 0 Å². The fraction of sp³-hybridized carbons (Fsp3) is 0.769. The van der Waals surface area contributed by atoms with Gasteiger partial charge in [-0.2, -0.15) is 0 Å². The van der Waals surface area contributed by atoms with Gasteiger partial charge in [0.25, 0.3) is 0 Å². The van der Waals surface area contributed by atoms with Gasteiger partial charge < -0.3 is 5.32 Å². The van der Waals surface area contributed by atoms with Gasteiger partial charge >= 0.3 is 0 Å². The molecule has 0 radical (unpaired) electrons. The lowest BCUT2D eigenvalue weighted by molar-refractivity contribution is 0.653. The van der Waals surface area contributed by atoms with E-state index < -0.39 is 0 Å². The smallest absolute Gasteiger partial charge is 0.107 e. The Morgan fingerprint density at radius 2 is 2.06 bits per heavy atom. The minimum absolute atomic E-state index is 0.938. The molecule has 0 saturated carbocycles. The second-order valence-corrected chi connectivity index (χ2v) is 5.16. The molecule has 0 spiro atoms. The number of unbranched alkanes of at least 4 members (excludes halogenated alkanes) is 3. The van der Waals surface area contributed by atoms with Crippen molar-refractivity contribution in [2.45, 2.75) is 58.9 Å². The second-order valence-electron chi connectivity index (χ2n) is 4.22. The molecule has 0 aliphatic carbocycles. The predicted octanol–water partition coefficient (Wildman–Crippen LogP) is 3.77. The third-order valence-corrected chi connectivity index (χ3v) is 3.49. The number of aromatic nitrogens is 1. The molecule has 0 unspecified atom stereocenters. The van der Waals surface area contributed by atoms with Crippen LogP contribution in [0.3, 0.4) is 0 Å². The van der Waals surface area contributed by atoms with E-state index in [1.54, 1.807) is 11.3 Å². The third kappa shape index (κ3) is 5.61. The van der Waals surface area contributed by atoms with E-state index >= 15 is 0 Å². The lowest BCUT2D eigenvalue weighted by atomic mass is 10.1. The Morgan fingerprint density at radius 1 is 1.19 bits per heavy atom. The van der Waals surface area contributed by atoms with Crippen LogP contribution in [0, 0.1) is 0 Å². The number of nitrogens with zero attached hydrogens (tertiary/aromatic N) is 1. The zero-order chi connectivity index (χ0) is 11.6. The molecule has 1 aromatic heterocycles. The first-order valence-corrected chi connectivity index (χ1v) is 7.38. The Kier molecular flexibility index (Phi) is 7.43. The summed E-state index contributed by atoms with van der Waals surface area (Å²) in [5.41, 5.74) is 1.29. The van der Waals surface area contributed by atoms with E-state index in [0.29, 0.717) is 0 Å². The van der Waals surface area contributed by atoms with Crippen LogP contribution < -0.4 is 5.32 Å². The zero-order valence-corrected chi connectivity index (χ0v) is 11.4. The number of thiazole rings is 1. The standard InChI is InChI=1S/C13H24N2S/c1-3-5-6-7-8-12-11-16-13(15-12)10-14-9-4-2/h11,14H,3-10H2,1-2H3. The third-order valence-electron chi connectivity index (χ3n) is 2.59. The van der Waals surface area contributed by atoms with Gasteiger partial charge in [-0.3, -0.25) is 0 Å². The maximum Gasteiger partial charge on any atom is 0.107 e. The van der Waals surface area contributed by atoms with Crippen LogP contribution in [0.5, 0.6) is 0 Å². The normalized spacial score (nSPS) is 10.9. The van der Waals surface area contributed by atoms with Crippen LogP contribution in [0.1, 0.15) is 56.7 Å². The fourth-order valence-electron chi connectivity index (χ4n) is 1.65. The van der Waals surface area contributed by atoms with Gasteiger partial charge in [0, 0.05) is 11.9 Å². The topological polar surface area (TPSA) is 24.9 Å². The lowest BCUT2D eigenvalue weighted by Gasteiger charge is -1.98. The van der Waals surface area contributed by atoms with Crippen molar-refractivity contribution in [3.8, 4) is 0 Å². The van der Waals surface area contributed by atoms with Crippen molar-refractivity contribution in [1.82, 2.24) is 10.3 Å². The van der Waals surface area contributed by atoms with Gasteiger partial charge in [0.15, 0.2) is 0 Å². The summed E-state index contributed by atoms with van der Waals surface area (Å²) in [6.45, 7) is 6.47. The van der Waals surface area contributed by atoms with Crippen molar-refractivity contribution in [1.29, 1.82) is 0 Å². The van der Waals surface area contributed by atoms with Crippen LogP contribution in [0.15, 0.2) is 5.38 Å². The number of rotatable bonds is 9. The molecule has 0 bridgehead atoms. The van der Waals surface area contributed by atoms with Crippen LogP contribution in [-0.4, -0.2) is 11.5 Å². The Morgan fingerprint density at radius 3 is 2.81 bits per heavy atom. The Bertz CT molecular complexity index is 271. The molecular formula is C13H24N2S. The van der Waals surface area contributed by atoms with Crippen LogP contribution in [0.4, 0.5) is 0 Å². The van der Waals surface area contributed by atoms with Crippen LogP contribution >= 0.6 is 11.3 Å². The summed E-state index contributed by atoms with van der Waals surface area (Å²) in [5, 5.41) is 6.84. The summed E-state index contributed by atoms with van der Waals surface area (Å²) in [4.78, 5) is 4.64. The maximum absolute atomic E-state index is 4.64. The highest BCUT2D eigenvalue weighted by atomic mass is 32.1. The quantitative estimate of drug-likeness (QED) is 0.665. The molecule has 0 saturated heterocycles. The van der Waals surface area contributed by atoms with Crippen molar-refractivity contribution in [3.63, 3.8) is 0 Å². The molecule has 0 fully saturated rings. The number of hydrogen-bond acceptors (Lipinski definition) is 3. The molecule has 1 aromatic rings.